The largest absolute Gasteiger partial charge is 0.445 e. The SMILES string of the molecule is CC(C)CC(NC(=O)C(CCCCNC(=O)OCc1ccccc1)NC(=O)C(Cc1ccccc1)NS(=O)(=O)N1CCOCC1)C(=O)C(F)(F)C(=O)NCCN1CCOCC1. The van der Waals surface area contributed by atoms with Gasteiger partial charge in [-0.2, -0.15) is 26.2 Å². The number of halogens is 2. The number of ether oxygens (including phenoxy) is 3. The predicted molar refractivity (Wildman–Crippen MR) is 220 cm³/mol. The highest BCUT2D eigenvalue weighted by Crippen LogP contribution is 2.21. The molecule has 3 atom stereocenters. The molecule has 0 saturated carbocycles. The summed E-state index contributed by atoms with van der Waals surface area (Å²) >= 11 is 0. The van der Waals surface area contributed by atoms with Crippen LogP contribution in [0.3, 0.4) is 0 Å². The fourth-order valence-corrected chi connectivity index (χ4v) is 7.96. The smallest absolute Gasteiger partial charge is 0.407 e. The van der Waals surface area contributed by atoms with Gasteiger partial charge in [0.15, 0.2) is 0 Å². The number of alkyl carbamates (subject to hydrolysis) is 1. The van der Waals surface area contributed by atoms with Crippen molar-refractivity contribution in [2.45, 2.75) is 76.6 Å². The van der Waals surface area contributed by atoms with E-state index in [2.05, 4.69) is 26.0 Å². The third kappa shape index (κ3) is 16.7. The average Bonchev–Trinajstić information content (AvgIpc) is 3.25. The number of benzene rings is 2. The summed E-state index contributed by atoms with van der Waals surface area (Å²) in [5.74, 6) is -10.4. The molecule has 20 heteroatoms. The standard InChI is InChI=1S/C41H59F2N7O10S/c1-30(2)27-34(36(51)41(42,43)39(54)44-17-18-49-19-23-58-24-20-49)47-37(52)33(15-9-10-16-45-40(55)60-29-32-13-7-4-8-14-32)46-38(53)35(28-31-11-5-3-6-12-31)48-61(56,57)50-21-25-59-26-22-50/h3-8,11-14,30,33-35,48H,9-10,15-29H2,1-2H3,(H,44,54)(H,45,55)(H,46,53)(H,47,52). The van der Waals surface area contributed by atoms with Crippen molar-refractivity contribution in [2.75, 3.05) is 72.2 Å². The van der Waals surface area contributed by atoms with Gasteiger partial charge in [-0.25, -0.2) is 4.79 Å². The first-order valence-corrected chi connectivity index (χ1v) is 22.0. The summed E-state index contributed by atoms with van der Waals surface area (Å²) in [6.07, 6.45) is -0.663. The number of nitrogens with zero attached hydrogens (tertiary/aromatic N) is 2. The molecule has 0 spiro atoms. The van der Waals surface area contributed by atoms with E-state index >= 15 is 8.78 Å². The first kappa shape index (κ1) is 49.1. The number of unbranched alkanes of at least 4 members (excludes halogenated alkanes) is 1. The summed E-state index contributed by atoms with van der Waals surface area (Å²) in [7, 11) is -4.22. The summed E-state index contributed by atoms with van der Waals surface area (Å²) in [4.78, 5) is 68.5. The first-order valence-electron chi connectivity index (χ1n) is 20.6. The average molecular weight is 880 g/mol. The molecule has 0 bridgehead atoms. The van der Waals surface area contributed by atoms with Crippen molar-refractivity contribution < 1.29 is 55.4 Å². The van der Waals surface area contributed by atoms with E-state index in [0.29, 0.717) is 31.9 Å². The van der Waals surface area contributed by atoms with Crippen LogP contribution in [0.15, 0.2) is 60.7 Å². The van der Waals surface area contributed by atoms with Crippen LogP contribution in [0.1, 0.15) is 50.7 Å². The number of nitrogens with one attached hydrogen (secondary N) is 5. The Hall–Kier alpha value is -4.60. The summed E-state index contributed by atoms with van der Waals surface area (Å²) in [5.41, 5.74) is 1.39. The van der Waals surface area contributed by atoms with Gasteiger partial charge in [-0.3, -0.25) is 24.1 Å². The molecular weight excluding hydrogens is 821 g/mol. The van der Waals surface area contributed by atoms with E-state index in [4.69, 9.17) is 14.2 Å². The molecule has 2 fully saturated rings. The topological polar surface area (TPSA) is 214 Å². The molecule has 0 radical (unpaired) electrons. The Morgan fingerprint density at radius 1 is 0.754 bits per heavy atom. The van der Waals surface area contributed by atoms with E-state index in [1.807, 2.05) is 23.1 Å². The Labute approximate surface area is 356 Å². The van der Waals surface area contributed by atoms with Crippen molar-refractivity contribution in [2.24, 2.45) is 5.92 Å². The second-order valence-electron chi connectivity index (χ2n) is 15.3. The number of morpholine rings is 2. The normalized spacial score (nSPS) is 16.8. The van der Waals surface area contributed by atoms with Crippen molar-refractivity contribution in [3.05, 3.63) is 71.8 Å². The van der Waals surface area contributed by atoms with Crippen molar-refractivity contribution in [3.8, 4) is 0 Å². The van der Waals surface area contributed by atoms with Crippen molar-refractivity contribution in [1.82, 2.24) is 35.2 Å². The molecule has 3 unspecified atom stereocenters. The minimum absolute atomic E-state index is 0.0474. The van der Waals surface area contributed by atoms with Crippen LogP contribution in [0.4, 0.5) is 13.6 Å². The maximum absolute atomic E-state index is 15.5. The molecule has 338 valence electrons. The number of alkyl halides is 2. The maximum atomic E-state index is 15.5. The zero-order chi connectivity index (χ0) is 44.3. The van der Waals surface area contributed by atoms with Gasteiger partial charge >= 0.3 is 12.0 Å². The van der Waals surface area contributed by atoms with E-state index in [1.165, 1.54) is 0 Å². The zero-order valence-electron chi connectivity index (χ0n) is 34.7. The van der Waals surface area contributed by atoms with Gasteiger partial charge in [0, 0.05) is 45.8 Å². The lowest BCUT2D eigenvalue weighted by molar-refractivity contribution is -0.160. The highest BCUT2D eigenvalue weighted by atomic mass is 32.2. The van der Waals surface area contributed by atoms with Crippen LogP contribution in [0.2, 0.25) is 0 Å². The lowest BCUT2D eigenvalue weighted by Gasteiger charge is -2.30. The molecule has 0 aromatic heterocycles. The van der Waals surface area contributed by atoms with Crippen LogP contribution in [0.25, 0.3) is 0 Å². The number of hydrogen-bond acceptors (Lipinski definition) is 11. The van der Waals surface area contributed by atoms with Gasteiger partial charge in [-0.05, 0) is 49.1 Å². The Kier molecular flexibility index (Phi) is 19.9. The third-order valence-corrected chi connectivity index (χ3v) is 11.6. The Morgan fingerprint density at radius 3 is 1.95 bits per heavy atom. The van der Waals surface area contributed by atoms with Gasteiger partial charge < -0.3 is 35.5 Å². The second kappa shape index (κ2) is 24.7. The molecule has 4 amide bonds. The van der Waals surface area contributed by atoms with Gasteiger partial charge in [0.05, 0.1) is 32.5 Å². The number of carbonyl (C=O) groups is 5. The molecule has 0 aliphatic carbocycles. The molecule has 61 heavy (non-hydrogen) atoms. The van der Waals surface area contributed by atoms with Gasteiger partial charge in [0.2, 0.25) is 17.6 Å². The van der Waals surface area contributed by atoms with E-state index in [1.54, 1.807) is 56.3 Å². The summed E-state index contributed by atoms with van der Waals surface area (Å²) in [5, 5.41) is 9.71. The molecule has 2 aliphatic heterocycles. The van der Waals surface area contributed by atoms with E-state index in [-0.39, 0.29) is 90.6 Å². The van der Waals surface area contributed by atoms with Gasteiger partial charge in [0.1, 0.15) is 18.7 Å². The molecule has 2 aromatic rings. The van der Waals surface area contributed by atoms with Crippen LogP contribution < -0.4 is 26.0 Å². The first-order chi connectivity index (χ1) is 29.2. The summed E-state index contributed by atoms with van der Waals surface area (Å²) in [6.45, 7) is 6.08. The number of rotatable bonds is 24. The monoisotopic (exact) mass is 879 g/mol. The quantitative estimate of drug-likeness (QED) is 0.0754. The maximum Gasteiger partial charge on any atom is 0.407 e. The fraction of sp³-hybridized carbons (Fsp3) is 0.585. The number of amides is 4. The van der Waals surface area contributed by atoms with E-state index in [0.717, 1.165) is 9.87 Å². The van der Waals surface area contributed by atoms with Crippen LogP contribution in [0.5, 0.6) is 0 Å². The van der Waals surface area contributed by atoms with Gasteiger partial charge in [-0.15, -0.1) is 0 Å². The zero-order valence-corrected chi connectivity index (χ0v) is 35.6. The highest BCUT2D eigenvalue weighted by molar-refractivity contribution is 7.87. The van der Waals surface area contributed by atoms with Gasteiger partial charge in [0.25, 0.3) is 16.1 Å². The highest BCUT2D eigenvalue weighted by Gasteiger charge is 2.50. The van der Waals surface area contributed by atoms with E-state index in [9.17, 15) is 32.4 Å². The van der Waals surface area contributed by atoms with Crippen molar-refractivity contribution in [1.29, 1.82) is 0 Å². The predicted octanol–water partition coefficient (Wildman–Crippen LogP) is 1.53. The Bertz CT molecular complexity index is 1820. The molecule has 2 aliphatic rings. The Balaban J connectivity index is 1.48. The third-order valence-electron chi connectivity index (χ3n) is 9.99. The molecular formula is C41H59F2N7O10S. The minimum atomic E-state index is -4.50. The van der Waals surface area contributed by atoms with Crippen LogP contribution in [0, 0.1) is 5.92 Å². The molecule has 2 aromatic carbocycles. The number of carbonyl (C=O) groups excluding carboxylic acids is 5. The van der Waals surface area contributed by atoms with Crippen molar-refractivity contribution >= 4 is 39.8 Å². The van der Waals surface area contributed by atoms with Gasteiger partial charge in [-0.1, -0.05) is 74.5 Å². The lowest BCUT2D eigenvalue weighted by Crippen LogP contribution is -2.60. The summed E-state index contributed by atoms with van der Waals surface area (Å²) in [6, 6.07) is 12.9. The molecule has 5 N–H and O–H groups in total. The minimum Gasteiger partial charge on any atom is -0.445 e. The molecule has 2 saturated heterocycles. The second-order valence-corrected chi connectivity index (χ2v) is 17.0. The molecule has 2 heterocycles. The number of ketones is 1. The lowest BCUT2D eigenvalue weighted by atomic mass is 9.95. The number of hydrogen-bond donors (Lipinski definition) is 5. The molecule has 4 rings (SSSR count). The fourth-order valence-electron chi connectivity index (χ4n) is 6.63. The molecule has 17 nitrogen and oxygen atoms in total. The van der Waals surface area contributed by atoms with Crippen molar-refractivity contribution in [3.63, 3.8) is 0 Å². The van der Waals surface area contributed by atoms with Crippen LogP contribution in [-0.4, -0.2) is 144 Å². The summed E-state index contributed by atoms with van der Waals surface area (Å²) < 4.78 is 77.4. The van der Waals surface area contributed by atoms with Crippen LogP contribution in [-0.2, 0) is 56.6 Å². The Morgan fingerprint density at radius 2 is 1.33 bits per heavy atom. The number of Topliss-reactive ketones (excluding diaryl/α,β-unsaturated/α-hetero) is 1. The van der Waals surface area contributed by atoms with Crippen LogP contribution >= 0.6 is 0 Å². The van der Waals surface area contributed by atoms with E-state index < -0.39 is 63.9 Å².